The molecule has 7 heteroatoms. The maximum atomic E-state index is 11.2. The SMILES string of the molecule is COS(=O)(=O)CC[n+]1ccc(-c2ccc(C)cn2)cn1. The third-order valence-electron chi connectivity index (χ3n) is 2.80. The molecule has 0 saturated heterocycles. The third kappa shape index (κ3) is 3.82. The van der Waals surface area contributed by atoms with E-state index in [1.807, 2.05) is 25.1 Å². The molecule has 0 aliphatic carbocycles. The van der Waals surface area contributed by atoms with Crippen LogP contribution in [0.2, 0.25) is 0 Å². The Labute approximate surface area is 118 Å². The number of aryl methyl sites for hydroxylation is 2. The highest BCUT2D eigenvalue weighted by molar-refractivity contribution is 7.86. The Morgan fingerprint density at radius 2 is 2.05 bits per heavy atom. The Kier molecular flexibility index (Phi) is 4.41. The molecule has 0 fully saturated rings. The average molecular weight is 294 g/mol. The van der Waals surface area contributed by atoms with Crippen LogP contribution in [-0.2, 0) is 20.8 Å². The molecule has 2 heterocycles. The number of hydrogen-bond donors (Lipinski definition) is 0. The van der Waals surface area contributed by atoms with Crippen LogP contribution in [-0.4, -0.2) is 31.4 Å². The Hall–Kier alpha value is -1.86. The average Bonchev–Trinajstić information content (AvgIpc) is 2.47. The lowest BCUT2D eigenvalue weighted by Crippen LogP contribution is -2.40. The van der Waals surface area contributed by atoms with E-state index in [-0.39, 0.29) is 12.3 Å². The van der Waals surface area contributed by atoms with Gasteiger partial charge in [0.15, 0.2) is 12.7 Å². The van der Waals surface area contributed by atoms with E-state index in [4.69, 9.17) is 0 Å². The van der Waals surface area contributed by atoms with Gasteiger partial charge in [-0.25, -0.2) is 0 Å². The van der Waals surface area contributed by atoms with Gasteiger partial charge in [-0.1, -0.05) is 10.7 Å². The van der Waals surface area contributed by atoms with Crippen molar-refractivity contribution in [1.29, 1.82) is 0 Å². The van der Waals surface area contributed by atoms with E-state index in [0.717, 1.165) is 23.9 Å². The highest BCUT2D eigenvalue weighted by atomic mass is 32.2. The zero-order valence-electron chi connectivity index (χ0n) is 11.4. The monoisotopic (exact) mass is 294 g/mol. The van der Waals surface area contributed by atoms with Crippen LogP contribution in [0.1, 0.15) is 5.56 Å². The summed E-state index contributed by atoms with van der Waals surface area (Å²) in [5.74, 6) is -0.108. The first kappa shape index (κ1) is 14.5. The standard InChI is InChI=1S/C13H16N3O3S/c1-11-3-4-13(14-9-11)12-5-6-16(15-10-12)7-8-20(17,18)19-2/h3-6,9-10H,7-8H2,1-2H3/q+1. The van der Waals surface area contributed by atoms with Crippen molar-refractivity contribution in [3.63, 3.8) is 0 Å². The Bertz CT molecular complexity index is 667. The molecular formula is C13H16N3O3S+. The van der Waals surface area contributed by atoms with E-state index in [1.165, 1.54) is 0 Å². The summed E-state index contributed by atoms with van der Waals surface area (Å²) in [5.41, 5.74) is 2.81. The molecule has 0 atom stereocenters. The molecule has 20 heavy (non-hydrogen) atoms. The Morgan fingerprint density at radius 3 is 2.60 bits per heavy atom. The first-order chi connectivity index (χ1) is 9.50. The van der Waals surface area contributed by atoms with E-state index in [2.05, 4.69) is 14.3 Å². The molecule has 0 aliphatic rings. The molecule has 0 unspecified atom stereocenters. The summed E-state index contributed by atoms with van der Waals surface area (Å²) in [5, 5.41) is 4.17. The van der Waals surface area contributed by atoms with Gasteiger partial charge in [-0.3, -0.25) is 9.17 Å². The summed E-state index contributed by atoms with van der Waals surface area (Å²) in [7, 11) is -2.31. The maximum Gasteiger partial charge on any atom is 0.273 e. The van der Waals surface area contributed by atoms with Gasteiger partial charge in [0.25, 0.3) is 10.1 Å². The summed E-state index contributed by atoms with van der Waals surface area (Å²) in [6.45, 7) is 2.22. The third-order valence-corrected chi connectivity index (χ3v) is 3.99. The molecule has 6 nitrogen and oxygen atoms in total. The Balaban J connectivity index is 2.08. The van der Waals surface area contributed by atoms with Crippen LogP contribution >= 0.6 is 0 Å². The maximum absolute atomic E-state index is 11.2. The van der Waals surface area contributed by atoms with Crippen molar-refractivity contribution < 1.29 is 17.3 Å². The minimum Gasteiger partial charge on any atom is -0.273 e. The van der Waals surface area contributed by atoms with Crippen LogP contribution in [0.15, 0.2) is 36.8 Å². The molecule has 0 saturated carbocycles. The van der Waals surface area contributed by atoms with Crippen molar-refractivity contribution >= 4 is 10.1 Å². The number of nitrogens with zero attached hydrogens (tertiary/aromatic N) is 3. The molecule has 0 bridgehead atoms. The van der Waals surface area contributed by atoms with Gasteiger partial charge in [0.05, 0.1) is 12.8 Å². The van der Waals surface area contributed by atoms with Crippen LogP contribution in [0.5, 0.6) is 0 Å². The van der Waals surface area contributed by atoms with Gasteiger partial charge < -0.3 is 0 Å². The minimum atomic E-state index is -3.46. The zero-order chi connectivity index (χ0) is 14.6. The lowest BCUT2D eigenvalue weighted by atomic mass is 10.2. The fourth-order valence-corrected chi connectivity index (χ4v) is 2.17. The summed E-state index contributed by atoms with van der Waals surface area (Å²) in [6, 6.07) is 5.75. The van der Waals surface area contributed by atoms with Gasteiger partial charge >= 0.3 is 0 Å². The molecule has 2 rings (SSSR count). The van der Waals surface area contributed by atoms with Crippen molar-refractivity contribution in [3.05, 3.63) is 42.4 Å². The zero-order valence-corrected chi connectivity index (χ0v) is 12.2. The first-order valence-electron chi connectivity index (χ1n) is 6.07. The molecule has 106 valence electrons. The predicted octanol–water partition coefficient (Wildman–Crippen LogP) is 0.716. The first-order valence-corrected chi connectivity index (χ1v) is 7.65. The summed E-state index contributed by atoms with van der Waals surface area (Å²) in [4.78, 5) is 4.31. The molecular weight excluding hydrogens is 278 g/mol. The van der Waals surface area contributed by atoms with Crippen molar-refractivity contribution in [3.8, 4) is 11.3 Å². The molecule has 0 aromatic carbocycles. The highest BCUT2D eigenvalue weighted by Crippen LogP contribution is 2.13. The number of pyridine rings is 1. The van der Waals surface area contributed by atoms with E-state index in [1.54, 1.807) is 23.3 Å². The van der Waals surface area contributed by atoms with Gasteiger partial charge in [-0.2, -0.15) is 8.42 Å². The molecule has 0 amide bonds. The Morgan fingerprint density at radius 1 is 1.25 bits per heavy atom. The van der Waals surface area contributed by atoms with Gasteiger partial charge in [0, 0.05) is 17.8 Å². The topological polar surface area (TPSA) is 73.0 Å². The lowest BCUT2D eigenvalue weighted by molar-refractivity contribution is -0.750. The lowest BCUT2D eigenvalue weighted by Gasteiger charge is -2.00. The quantitative estimate of drug-likeness (QED) is 0.600. The van der Waals surface area contributed by atoms with Crippen LogP contribution < -0.4 is 4.68 Å². The second-order valence-corrected chi connectivity index (χ2v) is 6.18. The van der Waals surface area contributed by atoms with E-state index in [9.17, 15) is 8.42 Å². The highest BCUT2D eigenvalue weighted by Gasteiger charge is 2.13. The second-order valence-electron chi connectivity index (χ2n) is 4.33. The summed E-state index contributed by atoms with van der Waals surface area (Å²) >= 11 is 0. The predicted molar refractivity (Wildman–Crippen MR) is 73.2 cm³/mol. The summed E-state index contributed by atoms with van der Waals surface area (Å²) in [6.07, 6.45) is 5.18. The smallest absolute Gasteiger partial charge is 0.273 e. The fraction of sp³-hybridized carbons (Fsp3) is 0.308. The van der Waals surface area contributed by atoms with Crippen LogP contribution in [0.25, 0.3) is 11.3 Å². The second kappa shape index (κ2) is 6.06. The van der Waals surface area contributed by atoms with E-state index in [0.29, 0.717) is 0 Å². The normalized spacial score (nSPS) is 11.5. The van der Waals surface area contributed by atoms with Crippen molar-refractivity contribution in [2.24, 2.45) is 0 Å². The van der Waals surface area contributed by atoms with Gasteiger partial charge in [0.2, 0.25) is 0 Å². The summed E-state index contributed by atoms with van der Waals surface area (Å²) < 4.78 is 28.4. The fourth-order valence-electron chi connectivity index (χ4n) is 1.60. The van der Waals surface area contributed by atoms with Crippen molar-refractivity contribution in [2.75, 3.05) is 12.9 Å². The molecule has 2 aromatic rings. The number of hydrogen-bond acceptors (Lipinski definition) is 5. The van der Waals surface area contributed by atoms with Gasteiger partial charge in [-0.15, -0.1) is 0 Å². The van der Waals surface area contributed by atoms with Crippen LogP contribution in [0.3, 0.4) is 0 Å². The minimum absolute atomic E-state index is 0.108. The van der Waals surface area contributed by atoms with E-state index >= 15 is 0 Å². The van der Waals surface area contributed by atoms with Gasteiger partial charge in [0.1, 0.15) is 11.9 Å². The van der Waals surface area contributed by atoms with Gasteiger partial charge in [-0.05, 0) is 23.7 Å². The number of aromatic nitrogens is 3. The molecule has 0 aliphatic heterocycles. The number of rotatable bonds is 5. The van der Waals surface area contributed by atoms with Crippen molar-refractivity contribution in [1.82, 2.24) is 10.1 Å². The van der Waals surface area contributed by atoms with Crippen LogP contribution in [0.4, 0.5) is 0 Å². The van der Waals surface area contributed by atoms with E-state index < -0.39 is 10.1 Å². The molecule has 2 aromatic heterocycles. The molecule has 0 spiro atoms. The molecule has 0 N–H and O–H groups in total. The van der Waals surface area contributed by atoms with Crippen molar-refractivity contribution in [2.45, 2.75) is 13.5 Å². The largest absolute Gasteiger partial charge is 0.273 e. The van der Waals surface area contributed by atoms with Crippen LogP contribution in [0, 0.1) is 6.92 Å². The molecule has 0 radical (unpaired) electrons.